The number of carbonyl (C=O) groups excluding carboxylic acids is 1. The van der Waals surface area contributed by atoms with Crippen LogP contribution in [0.1, 0.15) is 26.2 Å². The molecular weight excluding hydrogens is 220 g/mol. The molecule has 0 aromatic heterocycles. The third-order valence-corrected chi connectivity index (χ3v) is 3.12. The minimum atomic E-state index is -0.501. The number of hydrogen-bond donors (Lipinski definition) is 3. The molecule has 0 bridgehead atoms. The van der Waals surface area contributed by atoms with Crippen molar-refractivity contribution in [3.05, 3.63) is 0 Å². The van der Waals surface area contributed by atoms with E-state index in [4.69, 9.17) is 4.74 Å². The molecule has 1 saturated heterocycles. The number of hydrogen-bond acceptors (Lipinski definition) is 4. The quantitative estimate of drug-likeness (QED) is 0.609. The Balaban J connectivity index is 2.16. The summed E-state index contributed by atoms with van der Waals surface area (Å²) in [7, 11) is 1.55. The monoisotopic (exact) mass is 244 g/mol. The highest BCUT2D eigenvalue weighted by molar-refractivity contribution is 5.81. The van der Waals surface area contributed by atoms with Gasteiger partial charge in [0.15, 0.2) is 0 Å². The van der Waals surface area contributed by atoms with Gasteiger partial charge in [0.2, 0.25) is 5.91 Å². The Kier molecular flexibility index (Phi) is 6.47. The number of carbonyl (C=O) groups is 1. The van der Waals surface area contributed by atoms with Crippen LogP contribution in [0.15, 0.2) is 0 Å². The van der Waals surface area contributed by atoms with Gasteiger partial charge in [-0.1, -0.05) is 6.92 Å². The second-order valence-electron chi connectivity index (χ2n) is 4.83. The molecule has 1 fully saturated rings. The SMILES string of the molecule is COCC(O)CCNC(=O)C1CC(C)CCN1. The van der Waals surface area contributed by atoms with E-state index in [0.29, 0.717) is 25.5 Å². The van der Waals surface area contributed by atoms with Crippen LogP contribution < -0.4 is 10.6 Å². The summed E-state index contributed by atoms with van der Waals surface area (Å²) < 4.78 is 4.82. The minimum absolute atomic E-state index is 0.0427. The largest absolute Gasteiger partial charge is 0.391 e. The van der Waals surface area contributed by atoms with Gasteiger partial charge >= 0.3 is 0 Å². The van der Waals surface area contributed by atoms with E-state index in [9.17, 15) is 9.90 Å². The summed E-state index contributed by atoms with van der Waals surface area (Å²) >= 11 is 0. The fraction of sp³-hybridized carbons (Fsp3) is 0.917. The molecule has 3 atom stereocenters. The maximum absolute atomic E-state index is 11.8. The molecule has 1 amide bonds. The van der Waals surface area contributed by atoms with Crippen molar-refractivity contribution in [1.82, 2.24) is 10.6 Å². The molecule has 17 heavy (non-hydrogen) atoms. The van der Waals surface area contributed by atoms with Gasteiger partial charge in [0.1, 0.15) is 0 Å². The van der Waals surface area contributed by atoms with Gasteiger partial charge in [-0.3, -0.25) is 4.79 Å². The molecule has 100 valence electrons. The Bertz CT molecular complexity index is 236. The van der Waals surface area contributed by atoms with Crippen LogP contribution in [0.5, 0.6) is 0 Å². The number of amides is 1. The Morgan fingerprint density at radius 2 is 2.41 bits per heavy atom. The van der Waals surface area contributed by atoms with Gasteiger partial charge in [0.05, 0.1) is 18.8 Å². The van der Waals surface area contributed by atoms with E-state index in [1.54, 1.807) is 7.11 Å². The summed E-state index contributed by atoms with van der Waals surface area (Å²) in [4.78, 5) is 11.8. The first-order valence-corrected chi connectivity index (χ1v) is 6.31. The van der Waals surface area contributed by atoms with E-state index in [0.717, 1.165) is 19.4 Å². The van der Waals surface area contributed by atoms with E-state index < -0.39 is 6.10 Å². The van der Waals surface area contributed by atoms with Crippen LogP contribution in [0.2, 0.25) is 0 Å². The predicted molar refractivity (Wildman–Crippen MR) is 65.7 cm³/mol. The first-order valence-electron chi connectivity index (χ1n) is 6.31. The molecule has 3 unspecified atom stereocenters. The van der Waals surface area contributed by atoms with Crippen LogP contribution in [0.3, 0.4) is 0 Å². The summed E-state index contributed by atoms with van der Waals surface area (Å²) in [6, 6.07) is -0.0710. The second kappa shape index (κ2) is 7.63. The summed E-state index contributed by atoms with van der Waals surface area (Å²) in [5, 5.41) is 15.5. The summed E-state index contributed by atoms with van der Waals surface area (Å²) in [5.41, 5.74) is 0. The van der Waals surface area contributed by atoms with Crippen molar-refractivity contribution in [3.63, 3.8) is 0 Å². The summed E-state index contributed by atoms with van der Waals surface area (Å²) in [6.07, 6.45) is 2.06. The van der Waals surface area contributed by atoms with E-state index in [-0.39, 0.29) is 11.9 Å². The van der Waals surface area contributed by atoms with Gasteiger partial charge in [-0.25, -0.2) is 0 Å². The summed E-state index contributed by atoms with van der Waals surface area (Å²) in [6.45, 7) is 3.89. The first kappa shape index (κ1) is 14.4. The van der Waals surface area contributed by atoms with Crippen LogP contribution in [-0.2, 0) is 9.53 Å². The molecule has 1 heterocycles. The van der Waals surface area contributed by atoms with Gasteiger partial charge in [-0.15, -0.1) is 0 Å². The van der Waals surface area contributed by atoms with Gasteiger partial charge in [-0.05, 0) is 31.7 Å². The van der Waals surface area contributed by atoms with E-state index in [1.807, 2.05) is 0 Å². The number of methoxy groups -OCH3 is 1. The zero-order chi connectivity index (χ0) is 12.7. The third-order valence-electron chi connectivity index (χ3n) is 3.12. The van der Waals surface area contributed by atoms with Crippen molar-refractivity contribution in [2.45, 2.75) is 38.3 Å². The van der Waals surface area contributed by atoms with E-state index in [1.165, 1.54) is 0 Å². The van der Waals surface area contributed by atoms with Gasteiger partial charge in [0, 0.05) is 13.7 Å². The number of ether oxygens (including phenoxy) is 1. The third kappa shape index (κ3) is 5.48. The minimum Gasteiger partial charge on any atom is -0.391 e. The highest BCUT2D eigenvalue weighted by Gasteiger charge is 2.24. The fourth-order valence-corrected chi connectivity index (χ4v) is 2.07. The van der Waals surface area contributed by atoms with Crippen molar-refractivity contribution in [3.8, 4) is 0 Å². The average Bonchev–Trinajstić information content (AvgIpc) is 2.29. The molecule has 5 nitrogen and oxygen atoms in total. The van der Waals surface area contributed by atoms with Crippen LogP contribution in [0.25, 0.3) is 0 Å². The molecule has 0 saturated carbocycles. The van der Waals surface area contributed by atoms with Crippen molar-refractivity contribution < 1.29 is 14.6 Å². The van der Waals surface area contributed by atoms with Gasteiger partial charge in [-0.2, -0.15) is 0 Å². The molecule has 1 aliphatic rings. The standard InChI is InChI=1S/C12H24N2O3/c1-9-3-5-13-11(7-9)12(16)14-6-4-10(15)8-17-2/h9-11,13,15H,3-8H2,1-2H3,(H,14,16). The number of aliphatic hydroxyl groups excluding tert-OH is 1. The Morgan fingerprint density at radius 1 is 1.65 bits per heavy atom. The summed E-state index contributed by atoms with van der Waals surface area (Å²) in [5.74, 6) is 0.646. The number of aliphatic hydroxyl groups is 1. The maximum atomic E-state index is 11.8. The van der Waals surface area contributed by atoms with Crippen molar-refractivity contribution in [1.29, 1.82) is 0 Å². The predicted octanol–water partition coefficient (Wildman–Crippen LogP) is -0.112. The topological polar surface area (TPSA) is 70.6 Å². The van der Waals surface area contributed by atoms with Gasteiger partial charge in [0.25, 0.3) is 0 Å². The maximum Gasteiger partial charge on any atom is 0.237 e. The zero-order valence-corrected chi connectivity index (χ0v) is 10.7. The smallest absolute Gasteiger partial charge is 0.237 e. The average molecular weight is 244 g/mol. The fourth-order valence-electron chi connectivity index (χ4n) is 2.07. The van der Waals surface area contributed by atoms with Crippen molar-refractivity contribution in [2.75, 3.05) is 26.8 Å². The molecule has 5 heteroatoms. The molecule has 0 aromatic rings. The molecule has 1 rings (SSSR count). The molecule has 0 spiro atoms. The lowest BCUT2D eigenvalue weighted by Gasteiger charge is -2.27. The number of piperidine rings is 1. The molecule has 1 aliphatic heterocycles. The van der Waals surface area contributed by atoms with Crippen LogP contribution >= 0.6 is 0 Å². The van der Waals surface area contributed by atoms with Crippen molar-refractivity contribution in [2.24, 2.45) is 5.92 Å². The lowest BCUT2D eigenvalue weighted by atomic mass is 9.94. The number of rotatable bonds is 6. The van der Waals surface area contributed by atoms with Gasteiger partial charge < -0.3 is 20.5 Å². The molecule has 0 aliphatic carbocycles. The molecule has 3 N–H and O–H groups in total. The molecule has 0 radical (unpaired) electrons. The van der Waals surface area contributed by atoms with Crippen LogP contribution in [0, 0.1) is 5.92 Å². The Morgan fingerprint density at radius 3 is 3.06 bits per heavy atom. The Hall–Kier alpha value is -0.650. The molecule has 0 aromatic carbocycles. The van der Waals surface area contributed by atoms with Crippen LogP contribution in [0.4, 0.5) is 0 Å². The number of nitrogens with one attached hydrogen (secondary N) is 2. The van der Waals surface area contributed by atoms with Crippen molar-refractivity contribution >= 4 is 5.91 Å². The zero-order valence-electron chi connectivity index (χ0n) is 10.7. The molecular formula is C12H24N2O3. The second-order valence-corrected chi connectivity index (χ2v) is 4.83. The Labute approximate surface area is 103 Å². The van der Waals surface area contributed by atoms with E-state index >= 15 is 0 Å². The lowest BCUT2D eigenvalue weighted by molar-refractivity contribution is -0.124. The van der Waals surface area contributed by atoms with Crippen LogP contribution in [-0.4, -0.2) is 50.0 Å². The first-order chi connectivity index (χ1) is 8.13. The highest BCUT2D eigenvalue weighted by atomic mass is 16.5. The lowest BCUT2D eigenvalue weighted by Crippen LogP contribution is -2.48. The normalized spacial score (nSPS) is 26.5. The van der Waals surface area contributed by atoms with E-state index in [2.05, 4.69) is 17.6 Å². The highest BCUT2D eigenvalue weighted by Crippen LogP contribution is 2.14.